The van der Waals surface area contributed by atoms with Crippen LogP contribution >= 0.6 is 23.2 Å². The molecule has 0 aliphatic rings. The maximum atomic E-state index is 13.5. The van der Waals surface area contributed by atoms with Crippen LogP contribution in [0.1, 0.15) is 18.4 Å². The van der Waals surface area contributed by atoms with Gasteiger partial charge in [0.1, 0.15) is 12.4 Å². The molecule has 0 aliphatic heterocycles. The number of benzene rings is 2. The average molecular weight is 429 g/mol. The van der Waals surface area contributed by atoms with Gasteiger partial charge in [-0.1, -0.05) is 23.2 Å². The highest BCUT2D eigenvalue weighted by Gasteiger charge is 2.26. The van der Waals surface area contributed by atoms with Crippen LogP contribution in [0.25, 0.3) is 0 Å². The van der Waals surface area contributed by atoms with Crippen molar-refractivity contribution in [3.05, 3.63) is 62.9 Å². The SMILES string of the molecule is O=C(CCCOc1ccc(Cl)cc1Cl)OCc1c(F)c(F)c(F)c(F)c1F. The molecule has 146 valence electrons. The van der Waals surface area contributed by atoms with Crippen LogP contribution in [0.2, 0.25) is 10.0 Å². The first kappa shape index (κ1) is 21.2. The standard InChI is InChI=1S/C17H11Cl2F5O3/c18-8-3-4-11(10(19)6-8)26-5-1-2-12(25)27-7-9-13(20)15(22)17(24)16(23)14(9)21/h3-4,6H,1-2,5,7H2. The van der Waals surface area contributed by atoms with Gasteiger partial charge in [0.2, 0.25) is 5.82 Å². The molecule has 10 heteroatoms. The van der Waals surface area contributed by atoms with Crippen LogP contribution in [-0.4, -0.2) is 12.6 Å². The Labute approximate surface area is 160 Å². The lowest BCUT2D eigenvalue weighted by Gasteiger charge is -2.10. The van der Waals surface area contributed by atoms with E-state index in [1.165, 1.54) is 12.1 Å². The molecule has 0 spiro atoms. The predicted molar refractivity (Wildman–Crippen MR) is 87.2 cm³/mol. The molecular weight excluding hydrogens is 418 g/mol. The highest BCUT2D eigenvalue weighted by Crippen LogP contribution is 2.27. The molecule has 0 aromatic heterocycles. The van der Waals surface area contributed by atoms with Crippen molar-refractivity contribution in [2.75, 3.05) is 6.61 Å². The van der Waals surface area contributed by atoms with Crippen LogP contribution in [0.3, 0.4) is 0 Å². The van der Waals surface area contributed by atoms with E-state index in [1.807, 2.05) is 0 Å². The van der Waals surface area contributed by atoms with E-state index in [-0.39, 0.29) is 24.5 Å². The minimum atomic E-state index is -2.28. The monoisotopic (exact) mass is 428 g/mol. The Bertz CT molecular complexity index is 832. The number of halogens is 7. The molecule has 2 rings (SSSR count). The first-order chi connectivity index (χ1) is 12.7. The highest BCUT2D eigenvalue weighted by atomic mass is 35.5. The molecule has 0 saturated heterocycles. The molecule has 0 aliphatic carbocycles. The van der Waals surface area contributed by atoms with Gasteiger partial charge in [-0.05, 0) is 24.6 Å². The van der Waals surface area contributed by atoms with Crippen molar-refractivity contribution in [3.8, 4) is 5.75 Å². The Balaban J connectivity index is 1.83. The minimum Gasteiger partial charge on any atom is -0.492 e. The van der Waals surface area contributed by atoms with Gasteiger partial charge in [0.15, 0.2) is 23.3 Å². The first-order valence-electron chi connectivity index (χ1n) is 7.46. The third-order valence-corrected chi connectivity index (χ3v) is 3.89. The summed E-state index contributed by atoms with van der Waals surface area (Å²) >= 11 is 11.6. The molecule has 0 amide bonds. The Morgan fingerprint density at radius 1 is 0.926 bits per heavy atom. The second-order valence-corrected chi connectivity index (χ2v) is 6.08. The van der Waals surface area contributed by atoms with Crippen molar-refractivity contribution in [1.82, 2.24) is 0 Å². The molecular formula is C17H11Cl2F5O3. The summed E-state index contributed by atoms with van der Waals surface area (Å²) in [7, 11) is 0. The fourth-order valence-corrected chi connectivity index (χ4v) is 2.46. The molecule has 0 bridgehead atoms. The quantitative estimate of drug-likeness (QED) is 0.189. The summed E-state index contributed by atoms with van der Waals surface area (Å²) in [6.45, 7) is -1.02. The number of hydrogen-bond donors (Lipinski definition) is 0. The first-order valence-corrected chi connectivity index (χ1v) is 8.21. The normalized spacial score (nSPS) is 10.8. The molecule has 27 heavy (non-hydrogen) atoms. The Hall–Kier alpha value is -2.06. The zero-order chi connectivity index (χ0) is 20.1. The number of rotatable bonds is 7. The van der Waals surface area contributed by atoms with E-state index in [4.69, 9.17) is 27.9 Å². The maximum absolute atomic E-state index is 13.5. The van der Waals surface area contributed by atoms with Gasteiger partial charge in [0, 0.05) is 11.4 Å². The summed E-state index contributed by atoms with van der Waals surface area (Å²) in [5.74, 6) is -11.1. The molecule has 0 saturated carbocycles. The van der Waals surface area contributed by atoms with Crippen molar-refractivity contribution in [1.29, 1.82) is 0 Å². The maximum Gasteiger partial charge on any atom is 0.306 e. The van der Waals surface area contributed by atoms with Gasteiger partial charge in [0.05, 0.1) is 17.2 Å². The van der Waals surface area contributed by atoms with Crippen molar-refractivity contribution in [2.45, 2.75) is 19.4 Å². The zero-order valence-corrected chi connectivity index (χ0v) is 14.9. The van der Waals surface area contributed by atoms with Crippen LogP contribution < -0.4 is 4.74 Å². The molecule has 0 heterocycles. The summed E-state index contributed by atoms with van der Waals surface area (Å²) in [5.41, 5.74) is -1.22. The van der Waals surface area contributed by atoms with Gasteiger partial charge in [-0.25, -0.2) is 22.0 Å². The van der Waals surface area contributed by atoms with Crippen molar-refractivity contribution in [3.63, 3.8) is 0 Å². The smallest absolute Gasteiger partial charge is 0.306 e. The lowest BCUT2D eigenvalue weighted by molar-refractivity contribution is -0.145. The van der Waals surface area contributed by atoms with Crippen LogP contribution in [-0.2, 0) is 16.1 Å². The largest absolute Gasteiger partial charge is 0.492 e. The summed E-state index contributed by atoms with van der Waals surface area (Å²) in [6, 6.07) is 4.56. The second kappa shape index (κ2) is 9.23. The molecule has 2 aromatic carbocycles. The minimum absolute atomic E-state index is 0.0684. The van der Waals surface area contributed by atoms with Crippen molar-refractivity contribution < 1.29 is 36.2 Å². The Morgan fingerprint density at radius 3 is 2.11 bits per heavy atom. The predicted octanol–water partition coefficient (Wildman–Crippen LogP) is 5.59. The van der Waals surface area contributed by atoms with E-state index in [0.29, 0.717) is 10.8 Å². The summed E-state index contributed by atoms with van der Waals surface area (Å²) in [5, 5.41) is 0.695. The van der Waals surface area contributed by atoms with Crippen LogP contribution in [0.4, 0.5) is 22.0 Å². The number of carbonyl (C=O) groups excluding carboxylic acids is 1. The summed E-state index contributed by atoms with van der Waals surface area (Å²) < 4.78 is 75.8. The van der Waals surface area contributed by atoms with Gasteiger partial charge in [-0.2, -0.15) is 0 Å². The van der Waals surface area contributed by atoms with Gasteiger partial charge in [0.25, 0.3) is 0 Å². The molecule has 0 fully saturated rings. The average Bonchev–Trinajstić information content (AvgIpc) is 2.63. The van der Waals surface area contributed by atoms with E-state index >= 15 is 0 Å². The van der Waals surface area contributed by atoms with E-state index in [2.05, 4.69) is 4.74 Å². The van der Waals surface area contributed by atoms with E-state index in [0.717, 1.165) is 0 Å². The summed E-state index contributed by atoms with van der Waals surface area (Å²) in [6.07, 6.45) is -0.0461. The Kier molecular flexibility index (Phi) is 7.26. The molecule has 3 nitrogen and oxygen atoms in total. The lowest BCUT2D eigenvalue weighted by atomic mass is 10.2. The van der Waals surface area contributed by atoms with Crippen LogP contribution in [0.5, 0.6) is 5.75 Å². The third-order valence-electron chi connectivity index (χ3n) is 3.35. The number of esters is 1. The summed E-state index contributed by atoms with van der Waals surface area (Å²) in [4.78, 5) is 11.6. The van der Waals surface area contributed by atoms with Gasteiger partial charge in [-0.3, -0.25) is 4.79 Å². The van der Waals surface area contributed by atoms with E-state index in [1.54, 1.807) is 6.07 Å². The molecule has 2 aromatic rings. The fourth-order valence-electron chi connectivity index (χ4n) is 1.99. The van der Waals surface area contributed by atoms with Crippen molar-refractivity contribution >= 4 is 29.2 Å². The Morgan fingerprint density at radius 2 is 1.52 bits per heavy atom. The molecule has 0 N–H and O–H groups in total. The van der Waals surface area contributed by atoms with E-state index < -0.39 is 47.2 Å². The molecule has 0 atom stereocenters. The molecule has 0 unspecified atom stereocenters. The van der Waals surface area contributed by atoms with Crippen molar-refractivity contribution in [2.24, 2.45) is 0 Å². The third kappa shape index (κ3) is 5.23. The number of hydrogen-bond acceptors (Lipinski definition) is 3. The second-order valence-electron chi connectivity index (χ2n) is 5.24. The van der Waals surface area contributed by atoms with Gasteiger partial charge in [-0.15, -0.1) is 0 Å². The van der Waals surface area contributed by atoms with Gasteiger partial charge >= 0.3 is 5.97 Å². The lowest BCUT2D eigenvalue weighted by Crippen LogP contribution is -2.12. The number of ether oxygens (including phenoxy) is 2. The highest BCUT2D eigenvalue weighted by molar-refractivity contribution is 6.35. The molecule has 0 radical (unpaired) electrons. The van der Waals surface area contributed by atoms with Crippen LogP contribution in [0, 0.1) is 29.1 Å². The van der Waals surface area contributed by atoms with Crippen LogP contribution in [0.15, 0.2) is 18.2 Å². The van der Waals surface area contributed by atoms with Gasteiger partial charge < -0.3 is 9.47 Å². The zero-order valence-electron chi connectivity index (χ0n) is 13.4. The number of carbonyl (C=O) groups is 1. The topological polar surface area (TPSA) is 35.5 Å². The fraction of sp³-hybridized carbons (Fsp3) is 0.235. The van der Waals surface area contributed by atoms with E-state index in [9.17, 15) is 26.7 Å².